The molecule has 0 unspecified atom stereocenters. The molecule has 0 saturated heterocycles. The zero-order chi connectivity index (χ0) is 22.6. The second kappa shape index (κ2) is 7.19. The van der Waals surface area contributed by atoms with Gasteiger partial charge >= 0.3 is 6.36 Å². The van der Waals surface area contributed by atoms with E-state index in [9.17, 15) is 30.4 Å². The minimum Gasteiger partial charge on any atom is -0.406 e. The minimum absolute atomic E-state index is 0.0422. The molecule has 11 heteroatoms. The highest BCUT2D eigenvalue weighted by atomic mass is 32.2. The van der Waals surface area contributed by atoms with E-state index in [1.807, 2.05) is 0 Å². The van der Waals surface area contributed by atoms with Gasteiger partial charge in [-0.15, -0.1) is 13.2 Å². The molecule has 0 fully saturated rings. The fourth-order valence-electron chi connectivity index (χ4n) is 3.32. The van der Waals surface area contributed by atoms with Gasteiger partial charge in [0.2, 0.25) is 0 Å². The molecular formula is C20H13F5N2O3S. The molecule has 0 atom stereocenters. The molecule has 0 bridgehead atoms. The lowest BCUT2D eigenvalue weighted by molar-refractivity contribution is -0.274. The van der Waals surface area contributed by atoms with Crippen LogP contribution in [-0.2, 0) is 9.84 Å². The standard InChI is InChI=1S/C20H13F5N2O3S/c1-31(28,29)14-6-3-12(4-7-14)27-18-15-9-5-13(30-20(23,24)25)10-11(15)2-8-16(18)17(26-27)19(21)22/h2-10,19H,1H3. The fraction of sp³-hybridized carbons (Fsp3) is 0.150. The zero-order valence-corrected chi connectivity index (χ0v) is 16.5. The van der Waals surface area contributed by atoms with Crippen LogP contribution in [0.15, 0.2) is 59.5 Å². The number of fused-ring (bicyclic) bond motifs is 3. The lowest BCUT2D eigenvalue weighted by Gasteiger charge is -2.11. The predicted molar refractivity (Wildman–Crippen MR) is 103 cm³/mol. The van der Waals surface area contributed by atoms with Crippen LogP contribution in [0, 0.1) is 0 Å². The van der Waals surface area contributed by atoms with Crippen LogP contribution in [0.5, 0.6) is 5.75 Å². The first-order chi connectivity index (χ1) is 14.4. The van der Waals surface area contributed by atoms with Gasteiger partial charge in [-0.05, 0) is 47.9 Å². The maximum Gasteiger partial charge on any atom is 0.573 e. The SMILES string of the molecule is CS(=O)(=O)c1ccc(-n2nc(C(F)F)c3ccc4cc(OC(F)(F)F)ccc4c32)cc1. The monoisotopic (exact) mass is 456 g/mol. The molecule has 0 radical (unpaired) electrons. The van der Waals surface area contributed by atoms with Crippen molar-refractivity contribution in [1.29, 1.82) is 0 Å². The summed E-state index contributed by atoms with van der Waals surface area (Å²) in [7, 11) is -3.46. The smallest absolute Gasteiger partial charge is 0.406 e. The molecule has 0 aliphatic heterocycles. The molecule has 1 heterocycles. The van der Waals surface area contributed by atoms with Gasteiger partial charge in [-0.25, -0.2) is 21.9 Å². The maximum atomic E-state index is 13.6. The highest BCUT2D eigenvalue weighted by Gasteiger charge is 2.31. The van der Waals surface area contributed by atoms with Crippen LogP contribution in [0.4, 0.5) is 22.0 Å². The van der Waals surface area contributed by atoms with E-state index in [1.54, 1.807) is 0 Å². The third kappa shape index (κ3) is 4.05. The summed E-state index contributed by atoms with van der Waals surface area (Å²) in [5.74, 6) is -0.447. The predicted octanol–water partition coefficient (Wildman–Crippen LogP) is 5.42. The van der Waals surface area contributed by atoms with Gasteiger partial charge in [0.15, 0.2) is 9.84 Å². The highest BCUT2D eigenvalue weighted by molar-refractivity contribution is 7.90. The second-order valence-corrected chi connectivity index (χ2v) is 8.77. The van der Waals surface area contributed by atoms with Crippen LogP contribution in [0.3, 0.4) is 0 Å². The van der Waals surface area contributed by atoms with E-state index in [0.29, 0.717) is 16.5 Å². The number of hydrogen-bond donors (Lipinski definition) is 0. The largest absolute Gasteiger partial charge is 0.573 e. The lowest BCUT2D eigenvalue weighted by atomic mass is 10.1. The topological polar surface area (TPSA) is 61.2 Å². The number of ether oxygens (including phenoxy) is 1. The van der Waals surface area contributed by atoms with Crippen molar-refractivity contribution in [1.82, 2.24) is 9.78 Å². The molecule has 0 amide bonds. The average Bonchev–Trinajstić information content (AvgIpc) is 3.06. The maximum absolute atomic E-state index is 13.6. The van der Waals surface area contributed by atoms with E-state index in [0.717, 1.165) is 18.4 Å². The van der Waals surface area contributed by atoms with Crippen molar-refractivity contribution in [3.63, 3.8) is 0 Å². The summed E-state index contributed by atoms with van der Waals surface area (Å²) in [5.41, 5.74) is 0.0607. The third-order valence-electron chi connectivity index (χ3n) is 4.61. The van der Waals surface area contributed by atoms with Gasteiger partial charge in [0, 0.05) is 17.0 Å². The molecule has 4 rings (SSSR count). The molecule has 162 valence electrons. The molecule has 0 aliphatic carbocycles. The first-order valence-corrected chi connectivity index (χ1v) is 10.6. The number of rotatable bonds is 4. The number of benzene rings is 3. The number of hydrogen-bond acceptors (Lipinski definition) is 4. The molecule has 3 aromatic carbocycles. The molecular weight excluding hydrogens is 443 g/mol. The summed E-state index contributed by atoms with van der Waals surface area (Å²) < 4.78 is 93.3. The molecule has 1 aromatic heterocycles. The van der Waals surface area contributed by atoms with Gasteiger partial charge in [-0.2, -0.15) is 5.10 Å². The number of halogens is 5. The Morgan fingerprint density at radius 1 is 0.968 bits per heavy atom. The summed E-state index contributed by atoms with van der Waals surface area (Å²) in [4.78, 5) is 0.0422. The fourth-order valence-corrected chi connectivity index (χ4v) is 3.95. The Bertz CT molecular complexity index is 1390. The number of sulfone groups is 1. The normalized spacial score (nSPS) is 12.7. The molecule has 0 N–H and O–H groups in total. The van der Waals surface area contributed by atoms with Crippen LogP contribution >= 0.6 is 0 Å². The Balaban J connectivity index is 1.95. The van der Waals surface area contributed by atoms with Crippen molar-refractivity contribution in [2.45, 2.75) is 17.7 Å². The highest BCUT2D eigenvalue weighted by Crippen LogP contribution is 2.36. The van der Waals surface area contributed by atoms with Gasteiger partial charge in [0.05, 0.1) is 16.1 Å². The van der Waals surface area contributed by atoms with Gasteiger partial charge in [0.1, 0.15) is 11.4 Å². The first kappa shape index (κ1) is 21.0. The zero-order valence-electron chi connectivity index (χ0n) is 15.7. The van der Waals surface area contributed by atoms with E-state index in [2.05, 4.69) is 9.84 Å². The van der Waals surface area contributed by atoms with Crippen LogP contribution in [0.2, 0.25) is 0 Å². The van der Waals surface area contributed by atoms with E-state index in [1.165, 1.54) is 47.1 Å². The molecule has 5 nitrogen and oxygen atoms in total. The van der Waals surface area contributed by atoms with Crippen LogP contribution < -0.4 is 4.74 Å². The molecule has 4 aromatic rings. The van der Waals surface area contributed by atoms with E-state index in [-0.39, 0.29) is 15.8 Å². The molecule has 0 spiro atoms. The van der Waals surface area contributed by atoms with E-state index >= 15 is 0 Å². The lowest BCUT2D eigenvalue weighted by Crippen LogP contribution is -2.16. The van der Waals surface area contributed by atoms with Crippen LogP contribution in [0.25, 0.3) is 27.4 Å². The summed E-state index contributed by atoms with van der Waals surface area (Å²) in [5, 5.41) is 4.81. The Morgan fingerprint density at radius 3 is 2.19 bits per heavy atom. The number of nitrogens with zero attached hydrogens (tertiary/aromatic N) is 2. The molecule has 0 aliphatic rings. The van der Waals surface area contributed by atoms with Crippen LogP contribution in [0.1, 0.15) is 12.1 Å². The third-order valence-corrected chi connectivity index (χ3v) is 5.74. The van der Waals surface area contributed by atoms with Gasteiger partial charge in [-0.3, -0.25) is 0 Å². The number of alkyl halides is 5. The van der Waals surface area contributed by atoms with Crippen molar-refractivity contribution in [3.8, 4) is 11.4 Å². The Labute approximate surface area is 172 Å². The van der Waals surface area contributed by atoms with Crippen LogP contribution in [-0.4, -0.2) is 30.8 Å². The summed E-state index contributed by atoms with van der Waals surface area (Å²) >= 11 is 0. The first-order valence-electron chi connectivity index (χ1n) is 8.74. The average molecular weight is 456 g/mol. The molecule has 31 heavy (non-hydrogen) atoms. The molecule has 0 saturated carbocycles. The number of aromatic nitrogens is 2. The van der Waals surface area contributed by atoms with Crippen molar-refractivity contribution in [2.75, 3.05) is 6.26 Å². The van der Waals surface area contributed by atoms with Crippen molar-refractivity contribution in [2.24, 2.45) is 0 Å². The summed E-state index contributed by atoms with van der Waals surface area (Å²) in [6, 6.07) is 11.8. The van der Waals surface area contributed by atoms with Gasteiger partial charge < -0.3 is 4.74 Å². The quantitative estimate of drug-likeness (QED) is 0.385. The van der Waals surface area contributed by atoms with E-state index in [4.69, 9.17) is 0 Å². The Hall–Kier alpha value is -3.21. The van der Waals surface area contributed by atoms with Crippen molar-refractivity contribution >= 4 is 31.5 Å². The van der Waals surface area contributed by atoms with Gasteiger partial charge in [-0.1, -0.05) is 12.1 Å². The van der Waals surface area contributed by atoms with Crippen molar-refractivity contribution in [3.05, 3.63) is 60.3 Å². The minimum atomic E-state index is -4.87. The Morgan fingerprint density at radius 2 is 1.61 bits per heavy atom. The summed E-state index contributed by atoms with van der Waals surface area (Å²) in [6.45, 7) is 0. The summed E-state index contributed by atoms with van der Waals surface area (Å²) in [6.07, 6.45) is -6.73. The second-order valence-electron chi connectivity index (χ2n) is 6.76. The van der Waals surface area contributed by atoms with E-state index < -0.39 is 34.1 Å². The Kier molecular flexibility index (Phi) is 4.88. The van der Waals surface area contributed by atoms with Crippen molar-refractivity contribution < 1.29 is 35.1 Å². The van der Waals surface area contributed by atoms with Gasteiger partial charge in [0.25, 0.3) is 6.43 Å².